The Kier molecular flexibility index (Phi) is 11.2. The SMILES string of the molecule is CO[C@H]1C=CO[C@@]2(C)Oc3c(C)c(O)c4c(O)c(c5c(nc6cc(C)ccn65)c4c3C2=O)NC(=O)C(C)=CC=C[C@H](C)[C@H](O)[C@@H](C)C(O)[C@H](C)[C@H](OC(C)=O)[C@H]1C. The van der Waals surface area contributed by atoms with Crippen LogP contribution in [0.5, 0.6) is 17.2 Å². The lowest BCUT2D eigenvalue weighted by atomic mass is 9.78. The van der Waals surface area contributed by atoms with Gasteiger partial charge in [-0.3, -0.25) is 18.8 Å². The van der Waals surface area contributed by atoms with E-state index < -0.39 is 77.3 Å². The Morgan fingerprint density at radius 3 is 2.35 bits per heavy atom. The highest BCUT2D eigenvalue weighted by molar-refractivity contribution is 6.28. The van der Waals surface area contributed by atoms with Crippen LogP contribution in [-0.4, -0.2) is 84.8 Å². The van der Waals surface area contributed by atoms with E-state index in [1.807, 2.05) is 19.1 Å². The Labute approximate surface area is 330 Å². The smallest absolute Gasteiger partial charge is 0.312 e. The van der Waals surface area contributed by atoms with Crippen LogP contribution < -0.4 is 10.1 Å². The van der Waals surface area contributed by atoms with Crippen molar-refractivity contribution in [2.24, 2.45) is 23.7 Å². The monoisotopic (exact) mass is 785 g/mol. The molecule has 0 saturated heterocycles. The van der Waals surface area contributed by atoms with Crippen molar-refractivity contribution in [1.29, 1.82) is 0 Å². The van der Waals surface area contributed by atoms with Crippen molar-refractivity contribution >= 4 is 50.8 Å². The molecule has 4 bridgehead atoms. The Morgan fingerprint density at radius 1 is 0.982 bits per heavy atom. The van der Waals surface area contributed by atoms with Crippen molar-refractivity contribution in [3.05, 3.63) is 71.2 Å². The van der Waals surface area contributed by atoms with E-state index in [2.05, 4.69) is 5.32 Å². The number of esters is 1. The van der Waals surface area contributed by atoms with Crippen LogP contribution >= 0.6 is 0 Å². The number of hydrogen-bond donors (Lipinski definition) is 5. The van der Waals surface area contributed by atoms with E-state index in [-0.39, 0.29) is 55.7 Å². The minimum absolute atomic E-state index is 0.0185. The summed E-state index contributed by atoms with van der Waals surface area (Å²) in [6.45, 7) is 14.7. The van der Waals surface area contributed by atoms with Gasteiger partial charge in [0.25, 0.3) is 11.7 Å². The van der Waals surface area contributed by atoms with E-state index in [1.54, 1.807) is 63.4 Å². The van der Waals surface area contributed by atoms with Crippen LogP contribution in [0, 0.1) is 37.5 Å². The maximum Gasteiger partial charge on any atom is 0.312 e. The van der Waals surface area contributed by atoms with Gasteiger partial charge in [0.2, 0.25) is 0 Å². The predicted octanol–water partition coefficient (Wildman–Crippen LogP) is 6.16. The van der Waals surface area contributed by atoms with E-state index in [0.717, 1.165) is 5.56 Å². The van der Waals surface area contributed by atoms with Crippen molar-refractivity contribution in [3.63, 3.8) is 0 Å². The summed E-state index contributed by atoms with van der Waals surface area (Å²) < 4.78 is 25.5. The van der Waals surface area contributed by atoms with Crippen molar-refractivity contribution < 1.29 is 53.8 Å². The number of carbonyl (C=O) groups is 3. The summed E-state index contributed by atoms with van der Waals surface area (Å²) in [5, 5.41) is 49.4. The number of hydrogen-bond acceptors (Lipinski definition) is 12. The number of phenolic OH excluding ortho intramolecular Hbond substituents is 2. The highest BCUT2D eigenvalue weighted by Crippen LogP contribution is 2.54. The summed E-state index contributed by atoms with van der Waals surface area (Å²) in [5.74, 6) is -6.96. The number of ether oxygens (including phenoxy) is 4. The molecule has 1 unspecified atom stereocenters. The zero-order chi connectivity index (χ0) is 41.8. The molecule has 4 heterocycles. The van der Waals surface area contributed by atoms with E-state index in [9.17, 15) is 34.8 Å². The number of ketones is 1. The highest BCUT2D eigenvalue weighted by atomic mass is 16.7. The number of nitrogens with one attached hydrogen (secondary N) is 1. The number of aliphatic hydroxyl groups excluding tert-OH is 2. The largest absolute Gasteiger partial charge is 0.507 e. The number of aryl methyl sites for hydroxylation is 1. The van der Waals surface area contributed by atoms with Gasteiger partial charge in [-0.15, -0.1) is 0 Å². The summed E-state index contributed by atoms with van der Waals surface area (Å²) in [7, 11) is 1.46. The van der Waals surface area contributed by atoms with E-state index in [0.29, 0.717) is 5.65 Å². The van der Waals surface area contributed by atoms with Crippen LogP contribution in [0.4, 0.5) is 5.69 Å². The molecule has 0 fully saturated rings. The standard InChI is InChI=1S/C43H51N3O11/c1-19-14-16-46-28(18-19)44-32-29-30-37(50)25(7)40-31(29)41(52)43(9,57-40)55-17-15-27(54-10)22(4)39(56-26(8)47)24(6)36(49)23(5)35(48)20(2)12-11-13-21(3)42(53)45-33(34(32)46)38(30)51/h11-18,20,22-24,27,35-36,39,48-51H,1-10H3,(H,45,53)/t20-,22-,23+,24-,27-,35-,36?,39+,43-/m0/s1. The number of aromatic nitrogens is 2. The Hall–Kier alpha value is -5.44. The quantitative estimate of drug-likeness (QED) is 0.115. The average molecular weight is 786 g/mol. The first-order valence-electron chi connectivity index (χ1n) is 19.0. The fourth-order valence-corrected chi connectivity index (χ4v) is 8.03. The van der Waals surface area contributed by atoms with Crippen molar-refractivity contribution in [2.45, 2.75) is 92.5 Å². The first-order valence-corrected chi connectivity index (χ1v) is 19.0. The average Bonchev–Trinajstić information content (AvgIpc) is 3.67. The highest BCUT2D eigenvalue weighted by Gasteiger charge is 2.50. The number of benzene rings is 2. The molecule has 0 saturated carbocycles. The zero-order valence-electron chi connectivity index (χ0n) is 33.8. The van der Waals surface area contributed by atoms with Gasteiger partial charge < -0.3 is 44.7 Å². The number of allylic oxidation sites excluding steroid dienone is 2. The number of anilines is 1. The minimum Gasteiger partial charge on any atom is -0.507 e. The van der Waals surface area contributed by atoms with Gasteiger partial charge >= 0.3 is 11.8 Å². The number of phenols is 2. The second-order valence-corrected chi connectivity index (χ2v) is 15.6. The summed E-state index contributed by atoms with van der Waals surface area (Å²) in [5.41, 5.74) is 2.18. The molecular formula is C43H51N3O11. The molecule has 0 radical (unpaired) electrons. The first-order chi connectivity index (χ1) is 26.8. The Bertz CT molecular complexity index is 2380. The van der Waals surface area contributed by atoms with Crippen LogP contribution in [0.2, 0.25) is 0 Å². The van der Waals surface area contributed by atoms with Gasteiger partial charge in [-0.05, 0) is 44.5 Å². The summed E-state index contributed by atoms with van der Waals surface area (Å²) in [6, 6.07) is 3.64. The topological polar surface area (TPSA) is 198 Å². The summed E-state index contributed by atoms with van der Waals surface area (Å²) in [4.78, 5) is 45.6. The lowest BCUT2D eigenvalue weighted by Crippen LogP contribution is -2.46. The number of methoxy groups -OCH3 is 1. The molecule has 2 aromatic heterocycles. The molecule has 2 aliphatic rings. The van der Waals surface area contributed by atoms with Gasteiger partial charge in [0.1, 0.15) is 40.0 Å². The fraction of sp³-hybridized carbons (Fsp3) is 0.442. The number of rotatable bonds is 2. The van der Waals surface area contributed by atoms with Gasteiger partial charge in [-0.25, -0.2) is 4.98 Å². The van der Waals surface area contributed by atoms with Gasteiger partial charge in [0.15, 0.2) is 5.75 Å². The normalized spacial score (nSPS) is 28.8. The molecule has 4 aromatic rings. The molecule has 0 spiro atoms. The molecule has 57 heavy (non-hydrogen) atoms. The Balaban J connectivity index is 1.58. The van der Waals surface area contributed by atoms with Crippen LogP contribution in [0.3, 0.4) is 0 Å². The summed E-state index contributed by atoms with van der Waals surface area (Å²) >= 11 is 0. The van der Waals surface area contributed by atoms with Gasteiger partial charge in [0, 0.05) is 67.3 Å². The Morgan fingerprint density at radius 2 is 1.68 bits per heavy atom. The molecule has 14 heteroatoms. The molecule has 5 N–H and O–H groups in total. The lowest BCUT2D eigenvalue weighted by Gasteiger charge is -2.38. The molecule has 2 aromatic carbocycles. The summed E-state index contributed by atoms with van der Waals surface area (Å²) in [6.07, 6.45) is 5.62. The number of pyridine rings is 1. The predicted molar refractivity (Wildman–Crippen MR) is 213 cm³/mol. The molecular weight excluding hydrogens is 734 g/mol. The third-order valence-corrected chi connectivity index (χ3v) is 11.5. The first kappa shape index (κ1) is 41.2. The second kappa shape index (κ2) is 15.5. The number of Topliss-reactive ketones (excluding diaryl/α,β-unsaturated/α-hetero) is 1. The number of nitrogens with zero attached hydrogens (tertiary/aromatic N) is 2. The van der Waals surface area contributed by atoms with Crippen LogP contribution in [0.15, 0.2) is 54.5 Å². The number of amides is 1. The third-order valence-electron chi connectivity index (χ3n) is 11.5. The molecule has 14 nitrogen and oxygen atoms in total. The molecule has 2 aliphatic heterocycles. The van der Waals surface area contributed by atoms with Crippen LogP contribution in [0.1, 0.15) is 70.0 Å². The third kappa shape index (κ3) is 7.10. The molecule has 1 amide bonds. The zero-order valence-corrected chi connectivity index (χ0v) is 33.8. The van der Waals surface area contributed by atoms with Crippen LogP contribution in [0.25, 0.3) is 27.5 Å². The van der Waals surface area contributed by atoms with Crippen molar-refractivity contribution in [2.75, 3.05) is 12.4 Å². The maximum atomic E-state index is 14.6. The number of aromatic hydroxyl groups is 2. The molecule has 0 aliphatic carbocycles. The van der Waals surface area contributed by atoms with Crippen LogP contribution in [-0.2, 0) is 23.8 Å². The van der Waals surface area contributed by atoms with Gasteiger partial charge in [0.05, 0.1) is 35.5 Å². The number of fused-ring (bicyclic) bond motifs is 2. The van der Waals surface area contributed by atoms with Crippen molar-refractivity contribution in [3.8, 4) is 17.2 Å². The number of carbonyl (C=O) groups excluding carboxylic acids is 3. The lowest BCUT2D eigenvalue weighted by molar-refractivity contribution is -0.160. The van der Waals surface area contributed by atoms with Crippen molar-refractivity contribution in [1.82, 2.24) is 9.38 Å². The molecule has 9 atom stereocenters. The fourth-order valence-electron chi connectivity index (χ4n) is 8.03. The number of imidazole rings is 1. The molecule has 304 valence electrons. The van der Waals surface area contributed by atoms with Gasteiger partial charge in [-0.2, -0.15) is 0 Å². The molecule has 6 rings (SSSR count). The van der Waals surface area contributed by atoms with Gasteiger partial charge in [-0.1, -0.05) is 45.9 Å². The van der Waals surface area contributed by atoms with E-state index >= 15 is 0 Å². The van der Waals surface area contributed by atoms with E-state index in [4.69, 9.17) is 23.9 Å². The number of aliphatic hydroxyl groups is 2. The van der Waals surface area contributed by atoms with E-state index in [1.165, 1.54) is 40.2 Å². The maximum absolute atomic E-state index is 14.6. The minimum atomic E-state index is -1.96. The second-order valence-electron chi connectivity index (χ2n) is 15.6.